The van der Waals surface area contributed by atoms with E-state index in [-0.39, 0.29) is 11.3 Å². The van der Waals surface area contributed by atoms with Gasteiger partial charge in [-0.3, -0.25) is 4.79 Å². The first-order valence-corrected chi connectivity index (χ1v) is 7.10. The van der Waals surface area contributed by atoms with Crippen molar-refractivity contribution in [2.75, 3.05) is 0 Å². The highest BCUT2D eigenvalue weighted by molar-refractivity contribution is 6.16. The molecule has 1 heterocycles. The van der Waals surface area contributed by atoms with E-state index in [1.165, 1.54) is 6.07 Å². The highest BCUT2D eigenvalue weighted by atomic mass is 35.5. The van der Waals surface area contributed by atoms with Crippen LogP contribution in [0.2, 0.25) is 0 Å². The fraction of sp³-hybridized carbons (Fsp3) is 0.118. The average Bonchev–Trinajstić information content (AvgIpc) is 2.54. The fourth-order valence-electron chi connectivity index (χ4n) is 2.11. The number of fused-ring (bicyclic) bond motifs is 1. The standard InChI is InChI=1S/C17H13ClO3/c18-10-13-9-15(19)14-7-4-8-16(17(14)21-13)20-11-12-5-2-1-3-6-12/h1-9H,10-11H2. The monoisotopic (exact) mass is 300 g/mol. The van der Waals surface area contributed by atoms with Gasteiger partial charge in [0.15, 0.2) is 16.8 Å². The lowest BCUT2D eigenvalue weighted by molar-refractivity contribution is 0.304. The third kappa shape index (κ3) is 2.93. The predicted octanol–water partition coefficient (Wildman–Crippen LogP) is 4.11. The van der Waals surface area contributed by atoms with Gasteiger partial charge >= 0.3 is 0 Å². The first-order chi connectivity index (χ1) is 10.3. The Kier molecular flexibility index (Phi) is 3.93. The van der Waals surface area contributed by atoms with E-state index < -0.39 is 0 Å². The molecule has 0 atom stereocenters. The summed E-state index contributed by atoms with van der Waals surface area (Å²) in [6.07, 6.45) is 0. The van der Waals surface area contributed by atoms with Crippen molar-refractivity contribution in [2.45, 2.75) is 12.5 Å². The number of hydrogen-bond acceptors (Lipinski definition) is 3. The smallest absolute Gasteiger partial charge is 0.193 e. The van der Waals surface area contributed by atoms with E-state index in [0.717, 1.165) is 5.56 Å². The van der Waals surface area contributed by atoms with Gasteiger partial charge in [0.25, 0.3) is 0 Å². The summed E-state index contributed by atoms with van der Waals surface area (Å²) in [6, 6.07) is 16.5. The number of benzene rings is 2. The van der Waals surface area contributed by atoms with E-state index in [1.54, 1.807) is 18.2 Å². The predicted molar refractivity (Wildman–Crippen MR) is 82.8 cm³/mol. The minimum absolute atomic E-state index is 0.114. The highest BCUT2D eigenvalue weighted by Crippen LogP contribution is 2.25. The SMILES string of the molecule is O=c1cc(CCl)oc2c(OCc3ccccc3)cccc12. The molecule has 21 heavy (non-hydrogen) atoms. The molecule has 0 bridgehead atoms. The molecule has 0 unspecified atom stereocenters. The van der Waals surface area contributed by atoms with Gasteiger partial charge < -0.3 is 9.15 Å². The lowest BCUT2D eigenvalue weighted by atomic mass is 10.2. The maximum atomic E-state index is 12.0. The molecule has 0 aliphatic carbocycles. The Morgan fingerprint density at radius 2 is 1.86 bits per heavy atom. The highest BCUT2D eigenvalue weighted by Gasteiger charge is 2.09. The minimum Gasteiger partial charge on any atom is -0.485 e. The third-order valence-electron chi connectivity index (χ3n) is 3.14. The molecule has 3 nitrogen and oxygen atoms in total. The molecule has 0 N–H and O–H groups in total. The lowest BCUT2D eigenvalue weighted by Gasteiger charge is -2.09. The number of hydrogen-bond donors (Lipinski definition) is 0. The van der Waals surface area contributed by atoms with Crippen LogP contribution in [0.3, 0.4) is 0 Å². The maximum Gasteiger partial charge on any atom is 0.193 e. The van der Waals surface area contributed by atoms with Crippen LogP contribution in [0.25, 0.3) is 11.0 Å². The number of halogens is 1. The zero-order chi connectivity index (χ0) is 14.7. The summed E-state index contributed by atoms with van der Waals surface area (Å²) in [6.45, 7) is 0.411. The van der Waals surface area contributed by atoms with Crippen LogP contribution < -0.4 is 10.2 Å². The Labute approximate surface area is 126 Å². The first kappa shape index (κ1) is 13.7. The van der Waals surface area contributed by atoms with Crippen molar-refractivity contribution in [1.82, 2.24) is 0 Å². The number of ether oxygens (including phenoxy) is 1. The van der Waals surface area contributed by atoms with E-state index in [0.29, 0.717) is 29.1 Å². The Morgan fingerprint density at radius 3 is 2.62 bits per heavy atom. The second kappa shape index (κ2) is 6.02. The Hall–Kier alpha value is -2.26. The zero-order valence-corrected chi connectivity index (χ0v) is 12.0. The molecule has 0 aliphatic rings. The van der Waals surface area contributed by atoms with E-state index in [2.05, 4.69) is 0 Å². The van der Waals surface area contributed by atoms with Crippen molar-refractivity contribution >= 4 is 22.6 Å². The van der Waals surface area contributed by atoms with Gasteiger partial charge in [0.1, 0.15) is 12.4 Å². The molecule has 4 heteroatoms. The van der Waals surface area contributed by atoms with Gasteiger partial charge in [-0.25, -0.2) is 0 Å². The van der Waals surface area contributed by atoms with Gasteiger partial charge in [0.05, 0.1) is 11.3 Å². The molecule has 2 aromatic carbocycles. The Bertz CT molecular complexity index is 809. The van der Waals surface area contributed by atoms with E-state index in [9.17, 15) is 4.79 Å². The summed E-state index contributed by atoms with van der Waals surface area (Å²) in [5.41, 5.74) is 1.37. The van der Waals surface area contributed by atoms with Gasteiger partial charge in [0.2, 0.25) is 0 Å². The van der Waals surface area contributed by atoms with Crippen LogP contribution in [0.15, 0.2) is 63.8 Å². The van der Waals surface area contributed by atoms with Crippen LogP contribution in [0.4, 0.5) is 0 Å². The van der Waals surface area contributed by atoms with Crippen molar-refractivity contribution in [2.24, 2.45) is 0 Å². The average molecular weight is 301 g/mol. The summed E-state index contributed by atoms with van der Waals surface area (Å²) in [5, 5.41) is 0.495. The summed E-state index contributed by atoms with van der Waals surface area (Å²) in [4.78, 5) is 12.0. The van der Waals surface area contributed by atoms with Crippen LogP contribution in [0.1, 0.15) is 11.3 Å². The largest absolute Gasteiger partial charge is 0.485 e. The topological polar surface area (TPSA) is 39.4 Å². The molecule has 0 saturated heterocycles. The number of para-hydroxylation sites is 1. The molecular weight excluding hydrogens is 288 g/mol. The first-order valence-electron chi connectivity index (χ1n) is 6.56. The second-order valence-corrected chi connectivity index (χ2v) is 4.88. The molecule has 3 rings (SSSR count). The quantitative estimate of drug-likeness (QED) is 0.681. The molecule has 106 valence electrons. The molecule has 1 aromatic heterocycles. The summed E-state index contributed by atoms with van der Waals surface area (Å²) < 4.78 is 11.4. The van der Waals surface area contributed by atoms with Gasteiger partial charge in [0, 0.05) is 6.07 Å². The maximum absolute atomic E-state index is 12.0. The van der Waals surface area contributed by atoms with Gasteiger partial charge in [-0.1, -0.05) is 36.4 Å². The van der Waals surface area contributed by atoms with Crippen LogP contribution in [-0.2, 0) is 12.5 Å². The Balaban J connectivity index is 1.98. The third-order valence-corrected chi connectivity index (χ3v) is 3.40. The molecule has 0 radical (unpaired) electrons. The lowest BCUT2D eigenvalue weighted by Crippen LogP contribution is -2.03. The summed E-state index contributed by atoms with van der Waals surface area (Å²) >= 11 is 5.75. The van der Waals surface area contributed by atoms with E-state index in [1.807, 2.05) is 30.3 Å². The summed E-state index contributed by atoms with van der Waals surface area (Å²) in [5.74, 6) is 1.13. The normalized spacial score (nSPS) is 10.7. The van der Waals surface area contributed by atoms with Crippen molar-refractivity contribution < 1.29 is 9.15 Å². The van der Waals surface area contributed by atoms with E-state index >= 15 is 0 Å². The molecule has 0 aliphatic heterocycles. The number of alkyl halides is 1. The number of rotatable bonds is 4. The van der Waals surface area contributed by atoms with Crippen LogP contribution in [-0.4, -0.2) is 0 Å². The molecule has 3 aromatic rings. The van der Waals surface area contributed by atoms with Gasteiger partial charge in [-0.05, 0) is 17.7 Å². The fourth-order valence-corrected chi connectivity index (χ4v) is 2.25. The van der Waals surface area contributed by atoms with Crippen LogP contribution in [0.5, 0.6) is 5.75 Å². The molecule has 0 amide bonds. The second-order valence-electron chi connectivity index (χ2n) is 4.62. The van der Waals surface area contributed by atoms with Crippen molar-refractivity contribution in [1.29, 1.82) is 0 Å². The molecule has 0 fully saturated rings. The molecular formula is C17H13ClO3. The Morgan fingerprint density at radius 1 is 1.05 bits per heavy atom. The van der Waals surface area contributed by atoms with Crippen molar-refractivity contribution in [3.8, 4) is 5.75 Å². The van der Waals surface area contributed by atoms with Crippen LogP contribution in [0, 0.1) is 0 Å². The minimum atomic E-state index is -0.114. The van der Waals surface area contributed by atoms with Crippen molar-refractivity contribution in [3.63, 3.8) is 0 Å². The molecule has 0 spiro atoms. The van der Waals surface area contributed by atoms with Crippen LogP contribution >= 0.6 is 11.6 Å². The van der Waals surface area contributed by atoms with Gasteiger partial charge in [-0.2, -0.15) is 0 Å². The zero-order valence-electron chi connectivity index (χ0n) is 11.2. The van der Waals surface area contributed by atoms with Crippen molar-refractivity contribution in [3.05, 3.63) is 76.1 Å². The van der Waals surface area contributed by atoms with Gasteiger partial charge in [-0.15, -0.1) is 11.6 Å². The summed E-state index contributed by atoms with van der Waals surface area (Å²) in [7, 11) is 0. The van der Waals surface area contributed by atoms with E-state index in [4.69, 9.17) is 20.8 Å². The molecule has 0 saturated carbocycles.